The summed E-state index contributed by atoms with van der Waals surface area (Å²) in [5.41, 5.74) is 0. The van der Waals surface area contributed by atoms with Crippen molar-refractivity contribution in [3.8, 4) is 0 Å². The first-order valence-electron chi connectivity index (χ1n) is 26.9. The van der Waals surface area contributed by atoms with E-state index in [-0.39, 0.29) is 0 Å². The highest BCUT2D eigenvalue weighted by atomic mass is 15.3. The van der Waals surface area contributed by atoms with Crippen molar-refractivity contribution < 1.29 is 8.97 Å². The maximum atomic E-state index is 4.07. The highest BCUT2D eigenvalue weighted by Gasteiger charge is 2.25. The molecule has 57 heavy (non-hydrogen) atoms. The Morgan fingerprint density at radius 3 is 0.561 bits per heavy atom. The molecule has 0 rings (SSSR count). The van der Waals surface area contributed by atoms with Gasteiger partial charge in [0.15, 0.2) is 0 Å². The van der Waals surface area contributed by atoms with E-state index in [0.29, 0.717) is 0 Å². The van der Waals surface area contributed by atoms with Gasteiger partial charge in [-0.1, -0.05) is 241 Å². The number of rotatable bonds is 47. The molecule has 0 spiro atoms. The molecular formula is C55H114N2+2. The van der Waals surface area contributed by atoms with Gasteiger partial charge in [-0.25, -0.2) is 0 Å². The van der Waals surface area contributed by atoms with Crippen LogP contribution in [0.25, 0.3) is 0 Å². The largest absolute Gasteiger partial charge is 0.320 e. The fraction of sp³-hybridized carbons (Fsp3) is 0.927. The van der Waals surface area contributed by atoms with Gasteiger partial charge in [0.2, 0.25) is 0 Å². The Balaban J connectivity index is 0. The van der Waals surface area contributed by atoms with E-state index in [1.54, 1.807) is 0 Å². The first-order valence-corrected chi connectivity index (χ1v) is 26.9. The van der Waals surface area contributed by atoms with E-state index in [0.717, 1.165) is 0 Å². The van der Waals surface area contributed by atoms with Gasteiger partial charge in [0.05, 0.1) is 52.4 Å². The standard InChI is InChI=1S/C28H58N.C27H56N/c1-5-9-12-13-14-15-16-17-18-19-20-21-22-23-24-28-29(25-8-4,26-10-6-2)27-11-7-3;1-5-9-12-13-14-15-16-17-18-19-20-21-22-23-27-28(24-8-4,25-10-6-2)26-11-7-3/h8H,4-7,9-28H2,1-3H3;8H,4-7,9-27H2,1-3H3/q2*+1. The fourth-order valence-corrected chi connectivity index (χ4v) is 9.20. The van der Waals surface area contributed by atoms with E-state index >= 15 is 0 Å². The van der Waals surface area contributed by atoms with E-state index in [2.05, 4.69) is 66.9 Å². The van der Waals surface area contributed by atoms with Crippen molar-refractivity contribution in [1.29, 1.82) is 0 Å². The first kappa shape index (κ1) is 58.5. The van der Waals surface area contributed by atoms with Crippen LogP contribution in [0.2, 0.25) is 0 Å². The Morgan fingerprint density at radius 2 is 0.386 bits per heavy atom. The molecule has 0 aliphatic rings. The molecule has 0 fully saturated rings. The van der Waals surface area contributed by atoms with E-state index in [4.69, 9.17) is 0 Å². The van der Waals surface area contributed by atoms with Crippen LogP contribution >= 0.6 is 0 Å². The van der Waals surface area contributed by atoms with Crippen LogP contribution in [0.15, 0.2) is 25.3 Å². The zero-order valence-corrected chi connectivity index (χ0v) is 41.3. The molecule has 0 bridgehead atoms. The van der Waals surface area contributed by atoms with Crippen molar-refractivity contribution in [3.63, 3.8) is 0 Å². The SMILES string of the molecule is C=CC[N+](CCCC)(CCCC)CCCCCCCCCCCCCCCC.C=CC[N+](CCCC)(CCCC)CCCCCCCCCCCCCCCCC. The summed E-state index contributed by atoms with van der Waals surface area (Å²) in [7, 11) is 0. The molecule has 0 heterocycles. The summed E-state index contributed by atoms with van der Waals surface area (Å²) >= 11 is 0. The van der Waals surface area contributed by atoms with E-state index in [1.807, 2.05) is 0 Å². The zero-order chi connectivity index (χ0) is 42.2. The highest BCUT2D eigenvalue weighted by molar-refractivity contribution is 4.68. The fourth-order valence-electron chi connectivity index (χ4n) is 9.20. The summed E-state index contributed by atoms with van der Waals surface area (Å²) in [6.07, 6.45) is 57.3. The molecule has 0 aromatic heterocycles. The Morgan fingerprint density at radius 1 is 0.228 bits per heavy atom. The molecule has 0 aromatic rings. The van der Waals surface area contributed by atoms with Gasteiger partial charge in [-0.05, 0) is 63.5 Å². The Labute approximate surface area is 364 Å². The van der Waals surface area contributed by atoms with Crippen LogP contribution in [0, 0.1) is 0 Å². The third-order valence-corrected chi connectivity index (χ3v) is 13.2. The molecule has 0 amide bonds. The molecular weight excluding hydrogens is 689 g/mol. The monoisotopic (exact) mass is 803 g/mol. The van der Waals surface area contributed by atoms with Crippen LogP contribution in [0.1, 0.15) is 279 Å². The minimum atomic E-state index is 1.18. The molecule has 0 saturated carbocycles. The summed E-state index contributed by atoms with van der Waals surface area (Å²) in [6.45, 7) is 32.6. The predicted molar refractivity (Wildman–Crippen MR) is 265 cm³/mol. The van der Waals surface area contributed by atoms with E-state index in [9.17, 15) is 0 Å². The lowest BCUT2D eigenvalue weighted by Crippen LogP contribution is -2.50. The molecule has 0 aromatic carbocycles. The van der Waals surface area contributed by atoms with Gasteiger partial charge in [0, 0.05) is 0 Å². The van der Waals surface area contributed by atoms with Crippen LogP contribution < -0.4 is 0 Å². The van der Waals surface area contributed by atoms with Crippen LogP contribution in [0.3, 0.4) is 0 Å². The smallest absolute Gasteiger partial charge is 0.0971 e. The highest BCUT2D eigenvalue weighted by Crippen LogP contribution is 2.19. The topological polar surface area (TPSA) is 0 Å². The molecule has 0 saturated heterocycles. The van der Waals surface area contributed by atoms with Crippen LogP contribution in [-0.4, -0.2) is 61.3 Å². The third kappa shape index (κ3) is 40.6. The van der Waals surface area contributed by atoms with Gasteiger partial charge >= 0.3 is 0 Å². The van der Waals surface area contributed by atoms with Crippen LogP contribution in [0.4, 0.5) is 0 Å². The van der Waals surface area contributed by atoms with Crippen molar-refractivity contribution in [2.45, 2.75) is 279 Å². The van der Waals surface area contributed by atoms with Crippen LogP contribution in [0.5, 0.6) is 0 Å². The molecule has 0 aliphatic carbocycles. The van der Waals surface area contributed by atoms with E-state index < -0.39 is 0 Å². The minimum Gasteiger partial charge on any atom is -0.320 e. The molecule has 0 atom stereocenters. The predicted octanol–water partition coefficient (Wildman–Crippen LogP) is 18.5. The lowest BCUT2D eigenvalue weighted by atomic mass is 10.0. The number of hydrogen-bond acceptors (Lipinski definition) is 0. The third-order valence-electron chi connectivity index (χ3n) is 13.2. The zero-order valence-electron chi connectivity index (χ0n) is 41.3. The van der Waals surface area contributed by atoms with E-state index in [1.165, 1.54) is 299 Å². The van der Waals surface area contributed by atoms with Gasteiger partial charge in [-0.2, -0.15) is 0 Å². The summed E-state index contributed by atoms with van der Waals surface area (Å²) in [4.78, 5) is 0. The Hall–Kier alpha value is -0.600. The van der Waals surface area contributed by atoms with Gasteiger partial charge in [-0.15, -0.1) is 0 Å². The molecule has 2 nitrogen and oxygen atoms in total. The molecule has 0 aliphatic heterocycles. The molecule has 2 heteroatoms. The normalized spacial score (nSPS) is 11.8. The molecule has 0 radical (unpaired) electrons. The van der Waals surface area contributed by atoms with Crippen molar-refractivity contribution in [2.24, 2.45) is 0 Å². The first-order chi connectivity index (χ1) is 28.0. The van der Waals surface area contributed by atoms with Crippen molar-refractivity contribution in [3.05, 3.63) is 25.3 Å². The maximum absolute atomic E-state index is 4.07. The summed E-state index contributed by atoms with van der Waals surface area (Å²) in [5.74, 6) is 0. The molecule has 0 unspecified atom stereocenters. The number of hydrogen-bond donors (Lipinski definition) is 0. The minimum absolute atomic E-state index is 1.18. The summed E-state index contributed by atoms with van der Waals surface area (Å²) in [6, 6.07) is 0. The van der Waals surface area contributed by atoms with Gasteiger partial charge in [-0.3, -0.25) is 0 Å². The summed E-state index contributed by atoms with van der Waals surface area (Å²) < 4.78 is 2.62. The number of nitrogens with zero attached hydrogens (tertiary/aromatic N) is 2. The lowest BCUT2D eigenvalue weighted by Gasteiger charge is -2.38. The number of unbranched alkanes of at least 4 members (excludes halogenated alkanes) is 31. The van der Waals surface area contributed by atoms with Crippen molar-refractivity contribution >= 4 is 0 Å². The van der Waals surface area contributed by atoms with Crippen LogP contribution in [-0.2, 0) is 0 Å². The van der Waals surface area contributed by atoms with Gasteiger partial charge in [0.25, 0.3) is 0 Å². The second-order valence-corrected chi connectivity index (χ2v) is 18.9. The van der Waals surface area contributed by atoms with Crippen molar-refractivity contribution in [1.82, 2.24) is 0 Å². The second kappa shape index (κ2) is 48.1. The van der Waals surface area contributed by atoms with Crippen molar-refractivity contribution in [2.75, 3.05) is 52.4 Å². The Bertz CT molecular complexity index is 742. The second-order valence-electron chi connectivity index (χ2n) is 18.9. The lowest BCUT2D eigenvalue weighted by molar-refractivity contribution is -0.923. The molecule has 342 valence electrons. The molecule has 0 N–H and O–H groups in total. The quantitative estimate of drug-likeness (QED) is 0.0327. The Kier molecular flexibility index (Phi) is 49.3. The number of quaternary nitrogens is 2. The average Bonchev–Trinajstić information content (AvgIpc) is 3.22. The maximum Gasteiger partial charge on any atom is 0.0971 e. The van der Waals surface area contributed by atoms with Gasteiger partial charge < -0.3 is 8.97 Å². The van der Waals surface area contributed by atoms with Gasteiger partial charge in [0.1, 0.15) is 0 Å². The average molecular weight is 804 g/mol. The summed E-state index contributed by atoms with van der Waals surface area (Å²) in [5, 5.41) is 0.